The standard InChI is InChI=1S/C9H13.C5H5.C2H3.CH3.Zr/c1-6-5-7(2)9(4)8(6)3;1-2-4-5-3-1;1-2;;/h5H,1-4H3;1-5H;1H,2H2;1H3;/q4*-1;+4. The van der Waals surface area contributed by atoms with E-state index in [-0.39, 0.29) is 33.6 Å². The third-order valence-electron chi connectivity index (χ3n) is 2.73. The van der Waals surface area contributed by atoms with E-state index in [1.807, 2.05) is 30.3 Å². The van der Waals surface area contributed by atoms with Crippen molar-refractivity contribution < 1.29 is 26.2 Å². The molecular weight excluding hydrogens is 295 g/mol. The van der Waals surface area contributed by atoms with Gasteiger partial charge in [-0.3, -0.25) is 6.58 Å². The van der Waals surface area contributed by atoms with Crippen LogP contribution in [-0.2, 0) is 26.2 Å². The first-order valence-corrected chi connectivity index (χ1v) is 5.40. The van der Waals surface area contributed by atoms with Crippen LogP contribution < -0.4 is 0 Å². The van der Waals surface area contributed by atoms with Crippen molar-refractivity contribution in [1.29, 1.82) is 0 Å². The minimum Gasteiger partial charge on any atom is -0.521 e. The van der Waals surface area contributed by atoms with Crippen LogP contribution in [0.2, 0.25) is 0 Å². The summed E-state index contributed by atoms with van der Waals surface area (Å²) in [5.74, 6) is 0. The zero-order valence-corrected chi connectivity index (χ0v) is 14.7. The van der Waals surface area contributed by atoms with Gasteiger partial charge in [-0.1, -0.05) is 27.7 Å². The van der Waals surface area contributed by atoms with Crippen LogP contribution in [0.3, 0.4) is 0 Å². The van der Waals surface area contributed by atoms with Crippen molar-refractivity contribution in [3.63, 3.8) is 0 Å². The maximum Gasteiger partial charge on any atom is 4.00 e. The minimum atomic E-state index is 0. The molecule has 0 nitrogen and oxygen atoms in total. The summed E-state index contributed by atoms with van der Waals surface area (Å²) < 4.78 is 0. The van der Waals surface area contributed by atoms with Gasteiger partial charge in [0.15, 0.2) is 0 Å². The number of aryl methyl sites for hydroxylation is 2. The molecule has 96 valence electrons. The zero-order valence-electron chi connectivity index (χ0n) is 12.2. The number of hydrogen-bond acceptors (Lipinski definition) is 0. The molecule has 0 aliphatic carbocycles. The predicted octanol–water partition coefficient (Wildman–Crippen LogP) is 5.10. The van der Waals surface area contributed by atoms with E-state index in [0.717, 1.165) is 0 Å². The smallest absolute Gasteiger partial charge is 0.521 e. The Hall–Kier alpha value is -0.677. The molecule has 1 heteroatoms. The van der Waals surface area contributed by atoms with Crippen molar-refractivity contribution in [3.8, 4) is 0 Å². The average molecular weight is 320 g/mol. The van der Waals surface area contributed by atoms with Crippen molar-refractivity contribution in [3.05, 3.63) is 79.2 Å². The van der Waals surface area contributed by atoms with Crippen molar-refractivity contribution in [2.75, 3.05) is 0 Å². The second-order valence-electron chi connectivity index (χ2n) is 3.72. The number of rotatable bonds is 0. The Morgan fingerprint density at radius 2 is 1.56 bits per heavy atom. The molecule has 2 aromatic rings. The maximum absolute atomic E-state index is 4.25. The Kier molecular flexibility index (Phi) is 16.0. The van der Waals surface area contributed by atoms with Gasteiger partial charge in [-0.25, -0.2) is 12.1 Å². The van der Waals surface area contributed by atoms with E-state index in [9.17, 15) is 0 Å². The van der Waals surface area contributed by atoms with Crippen molar-refractivity contribution in [2.24, 2.45) is 0 Å². The van der Waals surface area contributed by atoms with Crippen molar-refractivity contribution >= 4 is 0 Å². The zero-order chi connectivity index (χ0) is 12.6. The first-order chi connectivity index (χ1) is 7.63. The van der Waals surface area contributed by atoms with E-state index in [0.29, 0.717) is 0 Å². The van der Waals surface area contributed by atoms with E-state index < -0.39 is 0 Å². The molecule has 18 heavy (non-hydrogen) atoms. The van der Waals surface area contributed by atoms with Crippen LogP contribution in [-0.4, -0.2) is 0 Å². The molecule has 2 aromatic carbocycles. The monoisotopic (exact) mass is 318 g/mol. The molecule has 0 aromatic heterocycles. The van der Waals surface area contributed by atoms with Crippen molar-refractivity contribution in [1.82, 2.24) is 0 Å². The van der Waals surface area contributed by atoms with Crippen LogP contribution in [0.5, 0.6) is 0 Å². The SMILES string of the molecule is Cc1c[c-](C)c(C)c1C.[CH-]=C.[CH3-].[Zr+4].c1cc[cH-]c1. The van der Waals surface area contributed by atoms with E-state index >= 15 is 0 Å². The molecule has 0 radical (unpaired) electrons. The Labute approximate surface area is 133 Å². The van der Waals surface area contributed by atoms with Gasteiger partial charge in [0.2, 0.25) is 0 Å². The fourth-order valence-corrected chi connectivity index (χ4v) is 1.45. The van der Waals surface area contributed by atoms with E-state index in [4.69, 9.17) is 0 Å². The van der Waals surface area contributed by atoms with E-state index in [2.05, 4.69) is 46.9 Å². The molecule has 0 aliphatic rings. The summed E-state index contributed by atoms with van der Waals surface area (Å²) in [5.41, 5.74) is 5.75. The van der Waals surface area contributed by atoms with Gasteiger partial charge in [0, 0.05) is 0 Å². The molecule has 0 amide bonds. The molecule has 0 saturated heterocycles. The van der Waals surface area contributed by atoms with Gasteiger partial charge in [0.25, 0.3) is 0 Å². The Morgan fingerprint density at radius 3 is 1.67 bits per heavy atom. The predicted molar refractivity (Wildman–Crippen MR) is 79.4 cm³/mol. The fourth-order valence-electron chi connectivity index (χ4n) is 1.45. The molecule has 0 fully saturated rings. The van der Waals surface area contributed by atoms with Crippen LogP contribution in [0.4, 0.5) is 0 Å². The summed E-state index contributed by atoms with van der Waals surface area (Å²) in [5, 5.41) is 0. The van der Waals surface area contributed by atoms with Crippen LogP contribution in [0, 0.1) is 41.7 Å². The summed E-state index contributed by atoms with van der Waals surface area (Å²) >= 11 is 0. The summed E-state index contributed by atoms with van der Waals surface area (Å²) in [6.07, 6.45) is 0. The van der Waals surface area contributed by atoms with Crippen LogP contribution >= 0.6 is 0 Å². The van der Waals surface area contributed by atoms with Gasteiger partial charge < -0.3 is 14.0 Å². The second-order valence-corrected chi connectivity index (χ2v) is 3.72. The van der Waals surface area contributed by atoms with Crippen LogP contribution in [0.15, 0.2) is 43.0 Å². The van der Waals surface area contributed by atoms with Gasteiger partial charge >= 0.3 is 26.2 Å². The summed E-state index contributed by atoms with van der Waals surface area (Å²) in [7, 11) is 0. The Bertz CT molecular complexity index is 340. The first-order valence-electron chi connectivity index (χ1n) is 5.40. The molecule has 0 heterocycles. The molecule has 0 spiro atoms. The molecule has 0 N–H and O–H groups in total. The summed E-state index contributed by atoms with van der Waals surface area (Å²) in [6, 6.07) is 12.2. The topological polar surface area (TPSA) is 0 Å². The van der Waals surface area contributed by atoms with Gasteiger partial charge in [-0.05, 0) is 0 Å². The molecular formula is C17H24Zr. The largest absolute Gasteiger partial charge is 4.00 e. The average Bonchev–Trinajstić information content (AvgIpc) is 2.93. The third kappa shape index (κ3) is 7.61. The molecule has 0 atom stereocenters. The maximum atomic E-state index is 4.25. The van der Waals surface area contributed by atoms with Crippen LogP contribution in [0.25, 0.3) is 0 Å². The number of hydrogen-bond donors (Lipinski definition) is 0. The molecule has 0 unspecified atom stereocenters. The van der Waals surface area contributed by atoms with Gasteiger partial charge in [-0.15, -0.1) is 0 Å². The second kappa shape index (κ2) is 12.8. The minimum absolute atomic E-state index is 0. The molecule has 0 aliphatic heterocycles. The summed E-state index contributed by atoms with van der Waals surface area (Å²) in [4.78, 5) is 0. The first kappa shape index (κ1) is 22.5. The van der Waals surface area contributed by atoms with E-state index in [1.54, 1.807) is 0 Å². The van der Waals surface area contributed by atoms with Gasteiger partial charge in [-0.2, -0.15) is 46.5 Å². The molecule has 2 rings (SSSR count). The van der Waals surface area contributed by atoms with Crippen LogP contribution in [0.1, 0.15) is 22.3 Å². The van der Waals surface area contributed by atoms with Crippen molar-refractivity contribution in [2.45, 2.75) is 27.7 Å². The normalized spacial score (nSPS) is 7.56. The van der Waals surface area contributed by atoms with Gasteiger partial charge in [0.1, 0.15) is 0 Å². The molecule has 0 saturated carbocycles. The molecule has 0 bridgehead atoms. The van der Waals surface area contributed by atoms with E-state index in [1.165, 1.54) is 22.3 Å². The Balaban J connectivity index is -0.000000217. The quantitative estimate of drug-likeness (QED) is 0.593. The summed E-state index contributed by atoms with van der Waals surface area (Å²) in [6.45, 7) is 15.7. The third-order valence-corrected chi connectivity index (χ3v) is 2.73. The van der Waals surface area contributed by atoms with Gasteiger partial charge in [0.05, 0.1) is 0 Å². The fraction of sp³-hybridized carbons (Fsp3) is 0.235. The Morgan fingerprint density at radius 1 is 1.11 bits per heavy atom.